The lowest BCUT2D eigenvalue weighted by Gasteiger charge is -1.62. The van der Waals surface area contributed by atoms with Crippen LogP contribution in [0.5, 0.6) is 0 Å². The first-order valence-electron chi connectivity index (χ1n) is 1.19. The van der Waals surface area contributed by atoms with E-state index >= 15 is 0 Å². The summed E-state index contributed by atoms with van der Waals surface area (Å²) in [6.45, 7) is 0. The predicted octanol–water partition coefficient (Wildman–Crippen LogP) is -1.75. The number of carbonyl (C=O) groups excluding carboxylic acids is 3. The summed E-state index contributed by atoms with van der Waals surface area (Å²) in [6, 6.07) is -0.833. The van der Waals surface area contributed by atoms with Crippen molar-refractivity contribution in [3.63, 3.8) is 0 Å². The second kappa shape index (κ2) is 30.5. The van der Waals surface area contributed by atoms with Crippen LogP contribution >= 0.6 is 0 Å². The summed E-state index contributed by atoms with van der Waals surface area (Å²) < 4.78 is 0. The number of rotatable bonds is 0. The van der Waals surface area contributed by atoms with Gasteiger partial charge in [0.25, 0.3) is 0 Å². The summed E-state index contributed by atoms with van der Waals surface area (Å²) in [5.74, 6) is 0. The predicted molar refractivity (Wildman–Crippen MR) is 29.1 cm³/mol. The zero-order valence-corrected chi connectivity index (χ0v) is 3.88. The monoisotopic (exact) mass is 138 g/mol. The Kier molecular flexibility index (Phi) is 86.6. The van der Waals surface area contributed by atoms with E-state index in [9.17, 15) is 0 Å². The molecule has 0 aliphatic rings. The molecule has 0 aromatic carbocycles. The molecule has 0 saturated carbocycles. The third-order valence-electron chi connectivity index (χ3n) is 0. The highest BCUT2D eigenvalue weighted by Crippen LogP contribution is 1.25. The van der Waals surface area contributed by atoms with Crippen molar-refractivity contribution in [2.24, 2.45) is 11.5 Å². The summed E-state index contributed by atoms with van der Waals surface area (Å²) in [5, 5.41) is 0. The molecule has 0 aliphatic heterocycles. The second-order valence-corrected chi connectivity index (χ2v) is 0.486. The van der Waals surface area contributed by atoms with E-state index in [0.717, 1.165) is 0 Å². The van der Waals surface area contributed by atoms with Gasteiger partial charge in [0.2, 0.25) is 0 Å². The normalized spacial score (nSPS) is 3.56. The van der Waals surface area contributed by atoms with Crippen LogP contribution in [0, 0.1) is 0 Å². The summed E-state index contributed by atoms with van der Waals surface area (Å²) in [5.41, 5.74) is 8.50. The molecular weight excluding hydrogens is 128 g/mol. The molecule has 6 nitrogen and oxygen atoms in total. The number of hydrogen-bond acceptors (Lipinski definition) is 3. The lowest BCUT2D eigenvalue weighted by atomic mass is 11.2. The Labute approximate surface area is 52.1 Å². The van der Waals surface area contributed by atoms with Crippen LogP contribution in [0.2, 0.25) is 0 Å². The van der Waals surface area contributed by atoms with Gasteiger partial charge in [0.05, 0.1) is 0 Å². The van der Waals surface area contributed by atoms with E-state index in [1.54, 1.807) is 0 Å². The van der Waals surface area contributed by atoms with Crippen molar-refractivity contribution in [3.05, 3.63) is 0 Å². The molecule has 0 aromatic heterocycles. The molecule has 6 heteroatoms. The third kappa shape index (κ3) is 72.7. The highest BCUT2D eigenvalue weighted by molar-refractivity contribution is 5.69. The minimum atomic E-state index is -0.833. The number of primary amides is 2. The van der Waals surface area contributed by atoms with Crippen molar-refractivity contribution in [2.75, 3.05) is 0 Å². The van der Waals surface area contributed by atoms with Gasteiger partial charge in [-0.1, -0.05) is 7.43 Å². The van der Waals surface area contributed by atoms with E-state index in [1.165, 1.54) is 0 Å². The Morgan fingerprint density at radius 3 is 1.22 bits per heavy atom. The Bertz CT molecular complexity index is 81.8. The van der Waals surface area contributed by atoms with Gasteiger partial charge in [-0.05, 0) is 0 Å². The van der Waals surface area contributed by atoms with Gasteiger partial charge in [0.1, 0.15) is 0 Å². The van der Waals surface area contributed by atoms with E-state index < -0.39 is 6.03 Å². The number of amides is 2. The van der Waals surface area contributed by atoms with Crippen LogP contribution in [0.15, 0.2) is 0 Å². The van der Waals surface area contributed by atoms with Crippen LogP contribution in [0.4, 0.5) is 4.79 Å². The SMILES string of the molecule is C.NC(N)=O.O.O=C=O. The van der Waals surface area contributed by atoms with Crippen LogP contribution in [-0.2, 0) is 9.59 Å². The number of urea groups is 1. The van der Waals surface area contributed by atoms with Crippen molar-refractivity contribution in [1.82, 2.24) is 0 Å². The molecular formula is C3H10N2O4. The quantitative estimate of drug-likeness (QED) is 0.410. The topological polar surface area (TPSA) is 135 Å². The Morgan fingerprint density at radius 2 is 1.22 bits per heavy atom. The van der Waals surface area contributed by atoms with Crippen molar-refractivity contribution < 1.29 is 19.9 Å². The van der Waals surface area contributed by atoms with E-state index in [1.807, 2.05) is 0 Å². The molecule has 9 heavy (non-hydrogen) atoms. The highest BCUT2D eigenvalue weighted by Gasteiger charge is 1.60. The Balaban J connectivity index is -0.0000000233. The molecule has 0 heterocycles. The van der Waals surface area contributed by atoms with Gasteiger partial charge in [-0.2, -0.15) is 9.59 Å². The Morgan fingerprint density at radius 1 is 1.22 bits per heavy atom. The maximum atomic E-state index is 9.00. The van der Waals surface area contributed by atoms with Gasteiger partial charge in [-0.15, -0.1) is 0 Å². The highest BCUT2D eigenvalue weighted by atomic mass is 16.2. The van der Waals surface area contributed by atoms with Crippen LogP contribution in [0.25, 0.3) is 0 Å². The van der Waals surface area contributed by atoms with Crippen LogP contribution in [-0.4, -0.2) is 17.7 Å². The fourth-order valence-corrected chi connectivity index (χ4v) is 0. The zero-order valence-electron chi connectivity index (χ0n) is 3.88. The molecule has 2 amide bonds. The van der Waals surface area contributed by atoms with Gasteiger partial charge in [-0.3, -0.25) is 0 Å². The fraction of sp³-hybridized carbons (Fsp3) is 0.333. The summed E-state index contributed by atoms with van der Waals surface area (Å²) >= 11 is 0. The largest absolute Gasteiger partial charge is 0.412 e. The number of hydrogen-bond donors (Lipinski definition) is 2. The van der Waals surface area contributed by atoms with Crippen LogP contribution in [0.3, 0.4) is 0 Å². The average Bonchev–Trinajstić information content (AvgIpc) is 1.33. The first kappa shape index (κ1) is 25.5. The molecule has 56 valence electrons. The maximum Gasteiger partial charge on any atom is 0.373 e. The fourth-order valence-electron chi connectivity index (χ4n) is 0. The Hall–Kier alpha value is -1.39. The molecule has 6 N–H and O–H groups in total. The van der Waals surface area contributed by atoms with E-state index in [4.69, 9.17) is 14.4 Å². The third-order valence-corrected chi connectivity index (χ3v) is 0. The smallest absolute Gasteiger partial charge is 0.373 e. The minimum absolute atomic E-state index is 0. The van der Waals surface area contributed by atoms with E-state index in [-0.39, 0.29) is 19.1 Å². The van der Waals surface area contributed by atoms with Crippen LogP contribution < -0.4 is 11.5 Å². The molecule has 0 fully saturated rings. The van der Waals surface area contributed by atoms with Crippen molar-refractivity contribution in [2.45, 2.75) is 7.43 Å². The first-order valence-corrected chi connectivity index (χ1v) is 1.19. The first-order chi connectivity index (χ1) is 3.15. The average molecular weight is 138 g/mol. The molecule has 0 unspecified atom stereocenters. The van der Waals surface area contributed by atoms with Crippen molar-refractivity contribution in [3.8, 4) is 0 Å². The number of nitrogens with two attached hydrogens (primary N) is 2. The number of carbonyl (C=O) groups is 1. The standard InChI is InChI=1S/CH4N2O.CO2.CH4.H2O/c2-1(3)4;2-1-3;;/h(H4,2,3,4);;1H4;1H2. The maximum absolute atomic E-state index is 9.00. The van der Waals surface area contributed by atoms with Crippen molar-refractivity contribution in [1.29, 1.82) is 0 Å². The van der Waals surface area contributed by atoms with Gasteiger partial charge in [-0.25, -0.2) is 4.79 Å². The summed E-state index contributed by atoms with van der Waals surface area (Å²) in [7, 11) is 0. The molecule has 0 bridgehead atoms. The van der Waals surface area contributed by atoms with Crippen LogP contribution in [0.1, 0.15) is 7.43 Å². The van der Waals surface area contributed by atoms with Gasteiger partial charge in [0, 0.05) is 0 Å². The van der Waals surface area contributed by atoms with Crippen molar-refractivity contribution >= 4 is 12.2 Å². The van der Waals surface area contributed by atoms with E-state index in [0.29, 0.717) is 0 Å². The lowest BCUT2D eigenvalue weighted by Crippen LogP contribution is -2.18. The second-order valence-electron chi connectivity index (χ2n) is 0.486. The molecule has 0 radical (unpaired) electrons. The molecule has 0 atom stereocenters. The molecule has 0 spiro atoms. The lowest BCUT2D eigenvalue weighted by molar-refractivity contribution is -0.191. The van der Waals surface area contributed by atoms with Gasteiger partial charge < -0.3 is 16.9 Å². The molecule has 0 rings (SSSR count). The summed E-state index contributed by atoms with van der Waals surface area (Å²) in [4.78, 5) is 25.2. The summed E-state index contributed by atoms with van der Waals surface area (Å²) in [6.07, 6.45) is 0.250. The van der Waals surface area contributed by atoms with Gasteiger partial charge in [0.15, 0.2) is 0 Å². The zero-order chi connectivity index (χ0) is 6.28. The van der Waals surface area contributed by atoms with Gasteiger partial charge >= 0.3 is 12.2 Å². The molecule has 0 aliphatic carbocycles. The molecule has 0 saturated heterocycles. The van der Waals surface area contributed by atoms with E-state index in [2.05, 4.69) is 11.5 Å². The molecule has 0 aromatic rings. The minimum Gasteiger partial charge on any atom is -0.412 e.